The van der Waals surface area contributed by atoms with Crippen molar-refractivity contribution in [3.8, 4) is 11.3 Å². The predicted octanol–water partition coefficient (Wildman–Crippen LogP) is 0.947. The molecule has 7 heteroatoms. The number of hydrogen-bond donors (Lipinski definition) is 1. The zero-order valence-corrected chi connectivity index (χ0v) is 14.1. The number of rotatable bonds is 7. The van der Waals surface area contributed by atoms with Crippen molar-refractivity contribution in [2.45, 2.75) is 13.0 Å². The summed E-state index contributed by atoms with van der Waals surface area (Å²) in [6.45, 7) is 4.94. The second-order valence-corrected chi connectivity index (χ2v) is 6.01. The molecule has 0 atom stereocenters. The summed E-state index contributed by atoms with van der Waals surface area (Å²) < 4.78 is 11.8. The lowest BCUT2D eigenvalue weighted by Gasteiger charge is -2.26. The van der Waals surface area contributed by atoms with Gasteiger partial charge in [0.25, 0.3) is 0 Å². The smallest absolute Gasteiger partial charge is 0.408 e. The fourth-order valence-corrected chi connectivity index (χ4v) is 2.79. The first kappa shape index (κ1) is 17.4. The van der Waals surface area contributed by atoms with E-state index in [0.717, 1.165) is 44.8 Å². The van der Waals surface area contributed by atoms with E-state index in [9.17, 15) is 9.59 Å². The summed E-state index contributed by atoms with van der Waals surface area (Å²) in [5, 5.41) is 2.85. The summed E-state index contributed by atoms with van der Waals surface area (Å²) in [5.41, 5.74) is 0.810. The number of oxazole rings is 1. The lowest BCUT2D eigenvalue weighted by Crippen LogP contribution is -2.38. The molecule has 0 radical (unpaired) electrons. The van der Waals surface area contributed by atoms with Crippen LogP contribution >= 0.6 is 0 Å². The SMILES string of the molecule is O=C(Cn1cc(-c2ccccc2)oc1=O)NCCCN1CCOCC1. The van der Waals surface area contributed by atoms with E-state index in [0.29, 0.717) is 12.3 Å². The van der Waals surface area contributed by atoms with Gasteiger partial charge in [0, 0.05) is 25.2 Å². The van der Waals surface area contributed by atoms with Gasteiger partial charge in [-0.25, -0.2) is 4.79 Å². The maximum Gasteiger partial charge on any atom is 0.419 e. The summed E-state index contributed by atoms with van der Waals surface area (Å²) in [4.78, 5) is 26.2. The second-order valence-electron chi connectivity index (χ2n) is 6.01. The monoisotopic (exact) mass is 345 g/mol. The maximum atomic E-state index is 12.0. The molecule has 134 valence electrons. The predicted molar refractivity (Wildman–Crippen MR) is 93.3 cm³/mol. The molecule has 3 rings (SSSR count). The zero-order chi connectivity index (χ0) is 17.5. The molecule has 1 N–H and O–H groups in total. The quantitative estimate of drug-likeness (QED) is 0.756. The number of benzene rings is 1. The number of aromatic nitrogens is 1. The van der Waals surface area contributed by atoms with E-state index >= 15 is 0 Å². The highest BCUT2D eigenvalue weighted by Gasteiger charge is 2.12. The van der Waals surface area contributed by atoms with Gasteiger partial charge in [-0.15, -0.1) is 0 Å². The number of nitrogens with zero attached hydrogens (tertiary/aromatic N) is 2. The lowest BCUT2D eigenvalue weighted by atomic mass is 10.2. The Morgan fingerprint density at radius 2 is 1.92 bits per heavy atom. The molecule has 1 aromatic heterocycles. The summed E-state index contributed by atoms with van der Waals surface area (Å²) in [6, 6.07) is 9.34. The first-order chi connectivity index (χ1) is 12.2. The van der Waals surface area contributed by atoms with E-state index in [4.69, 9.17) is 9.15 Å². The molecule has 0 bridgehead atoms. The number of hydrogen-bond acceptors (Lipinski definition) is 5. The Balaban J connectivity index is 1.45. The van der Waals surface area contributed by atoms with Crippen molar-refractivity contribution >= 4 is 5.91 Å². The van der Waals surface area contributed by atoms with Crippen molar-refractivity contribution in [3.05, 3.63) is 47.1 Å². The summed E-state index contributed by atoms with van der Waals surface area (Å²) in [6.07, 6.45) is 2.45. The van der Waals surface area contributed by atoms with Crippen LogP contribution in [0, 0.1) is 0 Å². The molecule has 0 aliphatic carbocycles. The van der Waals surface area contributed by atoms with E-state index in [1.165, 1.54) is 4.57 Å². The molecule has 1 aromatic carbocycles. The molecule has 25 heavy (non-hydrogen) atoms. The third-order valence-corrected chi connectivity index (χ3v) is 4.15. The molecule has 2 aromatic rings. The van der Waals surface area contributed by atoms with Gasteiger partial charge in [0.1, 0.15) is 6.54 Å². The number of morpholine rings is 1. The van der Waals surface area contributed by atoms with Crippen LogP contribution in [0.1, 0.15) is 6.42 Å². The highest BCUT2D eigenvalue weighted by Crippen LogP contribution is 2.16. The van der Waals surface area contributed by atoms with Gasteiger partial charge >= 0.3 is 5.76 Å². The second kappa shape index (κ2) is 8.64. The van der Waals surface area contributed by atoms with Crippen LogP contribution in [0.3, 0.4) is 0 Å². The molecule has 7 nitrogen and oxygen atoms in total. The number of carbonyl (C=O) groups is 1. The van der Waals surface area contributed by atoms with Crippen LogP contribution in [0.2, 0.25) is 0 Å². The highest BCUT2D eigenvalue weighted by atomic mass is 16.5. The van der Waals surface area contributed by atoms with E-state index in [2.05, 4.69) is 10.2 Å². The molecule has 0 spiro atoms. The van der Waals surface area contributed by atoms with Gasteiger partial charge in [0.2, 0.25) is 5.91 Å². The van der Waals surface area contributed by atoms with Crippen molar-refractivity contribution in [3.63, 3.8) is 0 Å². The number of carbonyl (C=O) groups excluding carboxylic acids is 1. The van der Waals surface area contributed by atoms with Crippen molar-refractivity contribution < 1.29 is 13.9 Å². The Morgan fingerprint density at radius 3 is 2.68 bits per heavy atom. The normalized spacial score (nSPS) is 15.2. The topological polar surface area (TPSA) is 76.7 Å². The van der Waals surface area contributed by atoms with Crippen LogP contribution in [-0.2, 0) is 16.1 Å². The minimum atomic E-state index is -0.526. The zero-order valence-electron chi connectivity index (χ0n) is 14.1. The van der Waals surface area contributed by atoms with Crippen LogP contribution in [0.5, 0.6) is 0 Å². The van der Waals surface area contributed by atoms with E-state index in [-0.39, 0.29) is 12.5 Å². The van der Waals surface area contributed by atoms with E-state index in [1.54, 1.807) is 6.20 Å². The average molecular weight is 345 g/mol. The Morgan fingerprint density at radius 1 is 1.16 bits per heavy atom. The maximum absolute atomic E-state index is 12.0. The van der Waals surface area contributed by atoms with Crippen molar-refractivity contribution in [1.82, 2.24) is 14.8 Å². The van der Waals surface area contributed by atoms with Crippen LogP contribution < -0.4 is 11.1 Å². The Hall–Kier alpha value is -2.38. The van der Waals surface area contributed by atoms with Gasteiger partial charge in [-0.2, -0.15) is 0 Å². The third-order valence-electron chi connectivity index (χ3n) is 4.15. The van der Waals surface area contributed by atoms with Gasteiger partial charge in [-0.1, -0.05) is 30.3 Å². The summed E-state index contributed by atoms with van der Waals surface area (Å²) in [5.74, 6) is -0.252. The van der Waals surface area contributed by atoms with Crippen molar-refractivity contribution in [2.24, 2.45) is 0 Å². The Bertz CT molecular complexity index is 732. The summed E-state index contributed by atoms with van der Waals surface area (Å²) in [7, 11) is 0. The molecule has 1 aliphatic rings. The van der Waals surface area contributed by atoms with Crippen LogP contribution in [0.4, 0.5) is 0 Å². The molecule has 2 heterocycles. The number of amides is 1. The van der Waals surface area contributed by atoms with Crippen molar-refractivity contribution in [1.29, 1.82) is 0 Å². The Kier molecular flexibility index (Phi) is 6.03. The van der Waals surface area contributed by atoms with Crippen LogP contribution in [0.25, 0.3) is 11.3 Å². The van der Waals surface area contributed by atoms with Crippen LogP contribution in [-0.4, -0.2) is 54.8 Å². The molecule has 1 saturated heterocycles. The Labute approximate surface area is 146 Å². The van der Waals surface area contributed by atoms with E-state index in [1.807, 2.05) is 30.3 Å². The minimum absolute atomic E-state index is 0.0350. The fraction of sp³-hybridized carbons (Fsp3) is 0.444. The first-order valence-corrected chi connectivity index (χ1v) is 8.55. The highest BCUT2D eigenvalue weighted by molar-refractivity contribution is 5.75. The molecular weight excluding hydrogens is 322 g/mol. The summed E-state index contributed by atoms with van der Waals surface area (Å²) >= 11 is 0. The first-order valence-electron chi connectivity index (χ1n) is 8.55. The lowest BCUT2D eigenvalue weighted by molar-refractivity contribution is -0.121. The molecule has 1 fully saturated rings. The van der Waals surface area contributed by atoms with Gasteiger partial charge in [0.05, 0.1) is 19.4 Å². The molecule has 0 saturated carbocycles. The van der Waals surface area contributed by atoms with Gasteiger partial charge in [0.15, 0.2) is 5.76 Å². The molecule has 0 unspecified atom stereocenters. The molecule has 1 amide bonds. The molecular formula is C18H23N3O4. The number of ether oxygens (including phenoxy) is 1. The fourth-order valence-electron chi connectivity index (χ4n) is 2.79. The average Bonchev–Trinajstić information content (AvgIpc) is 3.01. The minimum Gasteiger partial charge on any atom is -0.408 e. The van der Waals surface area contributed by atoms with Gasteiger partial charge in [-0.05, 0) is 13.0 Å². The molecule has 1 aliphatic heterocycles. The van der Waals surface area contributed by atoms with E-state index < -0.39 is 5.76 Å². The van der Waals surface area contributed by atoms with Gasteiger partial charge in [-0.3, -0.25) is 14.3 Å². The largest absolute Gasteiger partial charge is 0.419 e. The van der Waals surface area contributed by atoms with Gasteiger partial charge < -0.3 is 14.5 Å². The number of nitrogens with one attached hydrogen (secondary N) is 1. The standard InChI is InChI=1S/C18H23N3O4/c22-17(19-7-4-8-20-9-11-24-12-10-20)14-21-13-16(25-18(21)23)15-5-2-1-3-6-15/h1-3,5-6,13H,4,7-12,14H2,(H,19,22). The van der Waals surface area contributed by atoms with Crippen LogP contribution in [0.15, 0.2) is 45.7 Å². The third kappa shape index (κ3) is 5.04. The van der Waals surface area contributed by atoms with Crippen molar-refractivity contribution in [2.75, 3.05) is 39.4 Å².